The number of carbonyl (C=O) groups excluding carboxylic acids is 1. The monoisotopic (exact) mass is 223 g/mol. The highest BCUT2D eigenvalue weighted by molar-refractivity contribution is 5.71. The van der Waals surface area contributed by atoms with Gasteiger partial charge in [-0.1, -0.05) is 0 Å². The molecular weight excluding hydrogens is 206 g/mol. The van der Waals surface area contributed by atoms with Crippen LogP contribution >= 0.6 is 0 Å². The maximum atomic E-state index is 10.6. The Morgan fingerprint density at radius 3 is 2.88 bits per heavy atom. The first-order valence-corrected chi connectivity index (χ1v) is 5.58. The number of aldehydes is 1. The maximum Gasteiger partial charge on any atom is 0.170 e. The van der Waals surface area contributed by atoms with E-state index in [1.807, 2.05) is 13.1 Å². The fourth-order valence-electron chi connectivity index (χ4n) is 1.92. The summed E-state index contributed by atoms with van der Waals surface area (Å²) < 4.78 is 7.07. The second-order valence-electron chi connectivity index (χ2n) is 4.01. The van der Waals surface area contributed by atoms with E-state index in [9.17, 15) is 4.79 Å². The molecule has 1 aromatic heterocycles. The molecule has 1 fully saturated rings. The molecule has 0 amide bonds. The van der Waals surface area contributed by atoms with Crippen molar-refractivity contribution in [3.8, 4) is 0 Å². The van der Waals surface area contributed by atoms with Crippen LogP contribution < -0.4 is 0 Å². The number of hydrogen-bond acceptors (Lipinski definition) is 4. The number of nitrogens with zero attached hydrogens (tertiary/aromatic N) is 3. The zero-order valence-corrected chi connectivity index (χ0v) is 9.56. The third kappa shape index (κ3) is 2.68. The van der Waals surface area contributed by atoms with Crippen molar-refractivity contribution in [1.82, 2.24) is 14.7 Å². The molecule has 1 aliphatic rings. The summed E-state index contributed by atoms with van der Waals surface area (Å²) in [5.41, 5.74) is 1.62. The van der Waals surface area contributed by atoms with Gasteiger partial charge in [0, 0.05) is 38.8 Å². The molecular formula is C11H17N3O2. The molecule has 0 aliphatic carbocycles. The third-order valence-electron chi connectivity index (χ3n) is 2.90. The number of aromatic nitrogens is 2. The summed E-state index contributed by atoms with van der Waals surface area (Å²) in [5, 5.41) is 4.10. The Hall–Kier alpha value is -1.20. The van der Waals surface area contributed by atoms with Crippen LogP contribution in [0.15, 0.2) is 6.07 Å². The molecule has 0 saturated carbocycles. The van der Waals surface area contributed by atoms with Gasteiger partial charge >= 0.3 is 0 Å². The Balaban J connectivity index is 1.88. The Bertz CT molecular complexity index is 356. The van der Waals surface area contributed by atoms with Crippen molar-refractivity contribution in [2.45, 2.75) is 6.42 Å². The predicted molar refractivity (Wildman–Crippen MR) is 59.6 cm³/mol. The molecule has 16 heavy (non-hydrogen) atoms. The Morgan fingerprint density at radius 2 is 2.25 bits per heavy atom. The highest BCUT2D eigenvalue weighted by atomic mass is 16.5. The first-order chi connectivity index (χ1) is 7.79. The first kappa shape index (κ1) is 11.3. The first-order valence-electron chi connectivity index (χ1n) is 5.58. The molecule has 88 valence electrons. The van der Waals surface area contributed by atoms with Gasteiger partial charge in [-0.25, -0.2) is 0 Å². The lowest BCUT2D eigenvalue weighted by Crippen LogP contribution is -2.37. The minimum atomic E-state index is 0.513. The molecule has 5 heteroatoms. The zero-order valence-electron chi connectivity index (χ0n) is 9.56. The van der Waals surface area contributed by atoms with Crippen LogP contribution in [0.5, 0.6) is 0 Å². The van der Waals surface area contributed by atoms with E-state index in [0.29, 0.717) is 5.69 Å². The van der Waals surface area contributed by atoms with E-state index in [-0.39, 0.29) is 0 Å². The van der Waals surface area contributed by atoms with Gasteiger partial charge in [-0.2, -0.15) is 5.10 Å². The molecule has 0 N–H and O–H groups in total. The van der Waals surface area contributed by atoms with Crippen molar-refractivity contribution in [3.63, 3.8) is 0 Å². The van der Waals surface area contributed by atoms with Crippen LogP contribution in [0.1, 0.15) is 16.2 Å². The van der Waals surface area contributed by atoms with Gasteiger partial charge in [0.15, 0.2) is 6.29 Å². The standard InChI is InChI=1S/C11H17N3O2/c1-13-11(8-10(9-15)12-13)2-3-14-4-6-16-7-5-14/h8-9H,2-7H2,1H3. The quantitative estimate of drug-likeness (QED) is 0.680. The second kappa shape index (κ2) is 5.23. The molecule has 1 saturated heterocycles. The highest BCUT2D eigenvalue weighted by Gasteiger charge is 2.11. The smallest absolute Gasteiger partial charge is 0.170 e. The summed E-state index contributed by atoms with van der Waals surface area (Å²) in [6.45, 7) is 4.65. The summed E-state index contributed by atoms with van der Waals surface area (Å²) in [6, 6.07) is 1.85. The average Bonchev–Trinajstić information content (AvgIpc) is 2.69. The molecule has 0 atom stereocenters. The lowest BCUT2D eigenvalue weighted by molar-refractivity contribution is 0.0382. The number of aryl methyl sites for hydroxylation is 1. The predicted octanol–water partition coefficient (Wildman–Crippen LogP) is 0.107. The van der Waals surface area contributed by atoms with Crippen molar-refractivity contribution >= 4 is 6.29 Å². The van der Waals surface area contributed by atoms with Crippen LogP contribution in [0, 0.1) is 0 Å². The maximum absolute atomic E-state index is 10.6. The van der Waals surface area contributed by atoms with Crippen molar-refractivity contribution in [2.75, 3.05) is 32.8 Å². The summed E-state index contributed by atoms with van der Waals surface area (Å²) in [6.07, 6.45) is 1.72. The highest BCUT2D eigenvalue weighted by Crippen LogP contribution is 2.04. The number of carbonyl (C=O) groups is 1. The van der Waals surface area contributed by atoms with Gasteiger partial charge in [0.2, 0.25) is 0 Å². The average molecular weight is 223 g/mol. The van der Waals surface area contributed by atoms with Gasteiger partial charge in [0.25, 0.3) is 0 Å². The van der Waals surface area contributed by atoms with Crippen molar-refractivity contribution in [3.05, 3.63) is 17.5 Å². The Labute approximate surface area is 95.0 Å². The number of ether oxygens (including phenoxy) is 1. The van der Waals surface area contributed by atoms with Crippen molar-refractivity contribution in [2.24, 2.45) is 7.05 Å². The van der Waals surface area contributed by atoms with E-state index >= 15 is 0 Å². The lowest BCUT2D eigenvalue weighted by atomic mass is 10.2. The van der Waals surface area contributed by atoms with E-state index < -0.39 is 0 Å². The van der Waals surface area contributed by atoms with Crippen LogP contribution in [0.2, 0.25) is 0 Å². The minimum Gasteiger partial charge on any atom is -0.379 e. The van der Waals surface area contributed by atoms with Crippen LogP contribution in [-0.2, 0) is 18.2 Å². The molecule has 1 aromatic rings. The van der Waals surface area contributed by atoms with Gasteiger partial charge in [0.05, 0.1) is 13.2 Å². The number of morpholine rings is 1. The number of rotatable bonds is 4. The zero-order chi connectivity index (χ0) is 11.4. The van der Waals surface area contributed by atoms with E-state index in [1.165, 1.54) is 0 Å². The Morgan fingerprint density at radius 1 is 1.50 bits per heavy atom. The molecule has 5 nitrogen and oxygen atoms in total. The van der Waals surface area contributed by atoms with Gasteiger partial charge < -0.3 is 4.74 Å². The van der Waals surface area contributed by atoms with Gasteiger partial charge in [-0.3, -0.25) is 14.4 Å². The topological polar surface area (TPSA) is 47.4 Å². The van der Waals surface area contributed by atoms with E-state index in [0.717, 1.165) is 51.2 Å². The fraction of sp³-hybridized carbons (Fsp3) is 0.636. The lowest BCUT2D eigenvalue weighted by Gasteiger charge is -2.26. The molecule has 0 spiro atoms. The summed E-state index contributed by atoms with van der Waals surface area (Å²) in [5.74, 6) is 0. The van der Waals surface area contributed by atoms with Gasteiger partial charge in [0.1, 0.15) is 5.69 Å². The molecule has 2 rings (SSSR count). The second-order valence-corrected chi connectivity index (χ2v) is 4.01. The molecule has 0 aromatic carbocycles. The van der Waals surface area contributed by atoms with Crippen LogP contribution in [0.4, 0.5) is 0 Å². The van der Waals surface area contributed by atoms with Crippen LogP contribution in [-0.4, -0.2) is 53.8 Å². The molecule has 1 aliphatic heterocycles. The summed E-state index contributed by atoms with van der Waals surface area (Å²) >= 11 is 0. The van der Waals surface area contributed by atoms with Gasteiger partial charge in [-0.05, 0) is 6.07 Å². The molecule has 0 unspecified atom stereocenters. The molecule has 2 heterocycles. The molecule has 0 bridgehead atoms. The SMILES string of the molecule is Cn1nc(C=O)cc1CCN1CCOCC1. The summed E-state index contributed by atoms with van der Waals surface area (Å²) in [7, 11) is 1.88. The third-order valence-corrected chi connectivity index (χ3v) is 2.90. The normalized spacial score (nSPS) is 17.6. The van der Waals surface area contributed by atoms with Crippen LogP contribution in [0.25, 0.3) is 0 Å². The largest absolute Gasteiger partial charge is 0.379 e. The van der Waals surface area contributed by atoms with E-state index in [4.69, 9.17) is 4.74 Å². The van der Waals surface area contributed by atoms with Crippen LogP contribution in [0.3, 0.4) is 0 Å². The van der Waals surface area contributed by atoms with Crippen molar-refractivity contribution < 1.29 is 9.53 Å². The fourth-order valence-corrected chi connectivity index (χ4v) is 1.92. The van der Waals surface area contributed by atoms with Gasteiger partial charge in [-0.15, -0.1) is 0 Å². The summed E-state index contributed by atoms with van der Waals surface area (Å²) in [4.78, 5) is 12.9. The Kier molecular flexibility index (Phi) is 3.69. The molecule has 0 radical (unpaired) electrons. The van der Waals surface area contributed by atoms with E-state index in [1.54, 1.807) is 4.68 Å². The minimum absolute atomic E-state index is 0.513. The van der Waals surface area contributed by atoms with Crippen molar-refractivity contribution in [1.29, 1.82) is 0 Å². The van der Waals surface area contributed by atoms with E-state index in [2.05, 4.69) is 10.00 Å². The number of hydrogen-bond donors (Lipinski definition) is 0.